The molecule has 0 aliphatic carbocycles. The van der Waals surface area contributed by atoms with Crippen LogP contribution in [0.1, 0.15) is 5.56 Å². The molecule has 3 rings (SSSR count). The van der Waals surface area contributed by atoms with E-state index in [2.05, 4.69) is 11.1 Å². The van der Waals surface area contributed by atoms with E-state index in [1.165, 1.54) is 17.4 Å². The number of aromatic amines is 1. The maximum Gasteiger partial charge on any atom is 0.249 e. The van der Waals surface area contributed by atoms with Gasteiger partial charge in [-0.05, 0) is 24.3 Å². The summed E-state index contributed by atoms with van der Waals surface area (Å²) >= 11 is 1.53. The molecule has 0 aliphatic heterocycles. The number of H-pyrrole nitrogens is 1. The van der Waals surface area contributed by atoms with Crippen LogP contribution in [-0.2, 0) is 0 Å². The number of benzene rings is 1. The first-order chi connectivity index (χ1) is 7.78. The van der Waals surface area contributed by atoms with E-state index in [9.17, 15) is 4.79 Å². The van der Waals surface area contributed by atoms with Gasteiger partial charge in [-0.1, -0.05) is 0 Å². The van der Waals surface area contributed by atoms with Gasteiger partial charge in [-0.25, -0.2) is 0 Å². The van der Waals surface area contributed by atoms with E-state index < -0.39 is 0 Å². The highest BCUT2D eigenvalue weighted by Crippen LogP contribution is 2.31. The van der Waals surface area contributed by atoms with E-state index in [1.54, 1.807) is 12.1 Å². The highest BCUT2D eigenvalue weighted by Gasteiger charge is 2.05. The van der Waals surface area contributed by atoms with E-state index in [0.717, 1.165) is 20.3 Å². The van der Waals surface area contributed by atoms with Crippen LogP contribution in [0.2, 0.25) is 0 Å². The van der Waals surface area contributed by atoms with Gasteiger partial charge in [0.1, 0.15) is 4.83 Å². The Hall–Kier alpha value is -2.12. The summed E-state index contributed by atoms with van der Waals surface area (Å²) < 4.78 is 1.08. The topological polar surface area (TPSA) is 56.6 Å². The zero-order valence-electron chi connectivity index (χ0n) is 8.15. The minimum Gasteiger partial charge on any atom is -0.314 e. The van der Waals surface area contributed by atoms with Gasteiger partial charge in [0.25, 0.3) is 0 Å². The van der Waals surface area contributed by atoms with Crippen LogP contribution >= 0.6 is 11.3 Å². The van der Waals surface area contributed by atoms with Gasteiger partial charge in [0.2, 0.25) is 5.56 Å². The van der Waals surface area contributed by atoms with E-state index in [-0.39, 0.29) is 5.56 Å². The molecule has 0 unspecified atom stereocenters. The number of thiophene rings is 1. The molecule has 0 fully saturated rings. The molecule has 0 aliphatic rings. The fourth-order valence-corrected chi connectivity index (χ4v) is 2.83. The smallest absolute Gasteiger partial charge is 0.249 e. The fourth-order valence-electron chi connectivity index (χ4n) is 1.76. The van der Waals surface area contributed by atoms with E-state index >= 15 is 0 Å². The number of nitriles is 1. The first-order valence-electron chi connectivity index (χ1n) is 4.73. The predicted molar refractivity (Wildman–Crippen MR) is 64.7 cm³/mol. The second kappa shape index (κ2) is 3.19. The molecule has 1 aromatic carbocycles. The summed E-state index contributed by atoms with van der Waals surface area (Å²) in [6, 6.07) is 11.0. The number of fused-ring (bicyclic) bond motifs is 3. The van der Waals surface area contributed by atoms with Crippen LogP contribution in [0, 0.1) is 11.3 Å². The molecule has 0 bridgehead atoms. The Labute approximate surface area is 94.6 Å². The summed E-state index contributed by atoms with van der Waals surface area (Å²) in [5, 5.41) is 10.9. The molecule has 0 radical (unpaired) electrons. The highest BCUT2D eigenvalue weighted by molar-refractivity contribution is 7.25. The number of pyridine rings is 1. The first kappa shape index (κ1) is 9.13. The van der Waals surface area contributed by atoms with Crippen molar-refractivity contribution in [2.24, 2.45) is 0 Å². The Morgan fingerprint density at radius 3 is 2.88 bits per heavy atom. The minimum absolute atomic E-state index is 0.0976. The predicted octanol–water partition coefficient (Wildman–Crippen LogP) is 2.61. The van der Waals surface area contributed by atoms with E-state index in [4.69, 9.17) is 5.26 Å². The van der Waals surface area contributed by atoms with Gasteiger partial charge < -0.3 is 4.98 Å². The summed E-state index contributed by atoms with van der Waals surface area (Å²) in [4.78, 5) is 14.8. The number of hydrogen-bond donors (Lipinski definition) is 1. The molecule has 1 N–H and O–H groups in total. The Morgan fingerprint density at radius 1 is 1.19 bits per heavy atom. The molecule has 2 heterocycles. The summed E-state index contributed by atoms with van der Waals surface area (Å²) in [6.45, 7) is 0. The average molecular weight is 226 g/mol. The van der Waals surface area contributed by atoms with Crippen molar-refractivity contribution < 1.29 is 0 Å². The van der Waals surface area contributed by atoms with Gasteiger partial charge in [-0.2, -0.15) is 5.26 Å². The van der Waals surface area contributed by atoms with Gasteiger partial charge in [0, 0.05) is 21.5 Å². The Balaban J connectivity index is 2.53. The quantitative estimate of drug-likeness (QED) is 0.640. The molecule has 3 nitrogen and oxygen atoms in total. The molecule has 0 atom stereocenters. The summed E-state index contributed by atoms with van der Waals surface area (Å²) in [5.74, 6) is 0. The van der Waals surface area contributed by atoms with Crippen LogP contribution in [0.4, 0.5) is 0 Å². The Kier molecular flexibility index (Phi) is 1.82. The van der Waals surface area contributed by atoms with Crippen molar-refractivity contribution >= 4 is 31.6 Å². The van der Waals surface area contributed by atoms with Crippen molar-refractivity contribution in [1.29, 1.82) is 5.26 Å². The van der Waals surface area contributed by atoms with Crippen molar-refractivity contribution in [3.8, 4) is 6.07 Å². The van der Waals surface area contributed by atoms with Crippen molar-refractivity contribution in [3.63, 3.8) is 0 Å². The first-order valence-corrected chi connectivity index (χ1v) is 5.55. The second-order valence-corrected chi connectivity index (χ2v) is 4.54. The van der Waals surface area contributed by atoms with Crippen LogP contribution in [0.5, 0.6) is 0 Å². The third-order valence-electron chi connectivity index (χ3n) is 2.49. The lowest BCUT2D eigenvalue weighted by Gasteiger charge is -1.91. The number of nitrogens with one attached hydrogen (secondary N) is 1. The zero-order chi connectivity index (χ0) is 11.1. The lowest BCUT2D eigenvalue weighted by molar-refractivity contribution is 1.33. The van der Waals surface area contributed by atoms with Crippen LogP contribution in [0.3, 0.4) is 0 Å². The van der Waals surface area contributed by atoms with Crippen molar-refractivity contribution in [2.45, 2.75) is 0 Å². The lowest BCUT2D eigenvalue weighted by atomic mass is 10.1. The molecule has 0 amide bonds. The maximum absolute atomic E-state index is 11.2. The molecule has 76 valence electrons. The SMILES string of the molecule is N#Cc1ccc2sc3[nH]c(=O)ccc3c2c1. The van der Waals surface area contributed by atoms with E-state index in [1.807, 2.05) is 12.1 Å². The molecule has 0 saturated heterocycles. The van der Waals surface area contributed by atoms with Crippen molar-refractivity contribution in [3.05, 3.63) is 46.2 Å². The third kappa shape index (κ3) is 1.23. The maximum atomic E-state index is 11.2. The Bertz CT molecular complexity index is 792. The van der Waals surface area contributed by atoms with Gasteiger partial charge >= 0.3 is 0 Å². The number of hydrogen-bond acceptors (Lipinski definition) is 3. The molecule has 16 heavy (non-hydrogen) atoms. The number of nitrogens with zero attached hydrogens (tertiary/aromatic N) is 1. The molecule has 4 heteroatoms. The lowest BCUT2D eigenvalue weighted by Crippen LogP contribution is -2.00. The van der Waals surface area contributed by atoms with E-state index in [0.29, 0.717) is 5.56 Å². The number of rotatable bonds is 0. The van der Waals surface area contributed by atoms with Crippen molar-refractivity contribution in [1.82, 2.24) is 4.98 Å². The number of aromatic nitrogens is 1. The largest absolute Gasteiger partial charge is 0.314 e. The average Bonchev–Trinajstić information content (AvgIpc) is 2.65. The van der Waals surface area contributed by atoms with Gasteiger partial charge in [0.15, 0.2) is 0 Å². The Morgan fingerprint density at radius 2 is 2.06 bits per heavy atom. The molecule has 2 aromatic heterocycles. The van der Waals surface area contributed by atoms with Gasteiger partial charge in [0.05, 0.1) is 11.6 Å². The molecule has 3 aromatic rings. The third-order valence-corrected chi connectivity index (χ3v) is 3.60. The van der Waals surface area contributed by atoms with Crippen molar-refractivity contribution in [2.75, 3.05) is 0 Å². The standard InChI is InChI=1S/C12H6N2OS/c13-6-7-1-3-10-9(5-7)8-2-4-11(15)14-12(8)16-10/h1-5H,(H,14,15). The summed E-state index contributed by atoms with van der Waals surface area (Å²) in [5.41, 5.74) is 0.540. The van der Waals surface area contributed by atoms with Gasteiger partial charge in [-0.15, -0.1) is 11.3 Å². The molecular weight excluding hydrogens is 220 g/mol. The van der Waals surface area contributed by atoms with Crippen LogP contribution in [0.25, 0.3) is 20.3 Å². The monoisotopic (exact) mass is 226 g/mol. The van der Waals surface area contributed by atoms with Gasteiger partial charge in [-0.3, -0.25) is 4.79 Å². The molecule has 0 spiro atoms. The molecular formula is C12H6N2OS. The zero-order valence-corrected chi connectivity index (χ0v) is 8.97. The highest BCUT2D eigenvalue weighted by atomic mass is 32.1. The fraction of sp³-hybridized carbons (Fsp3) is 0. The summed E-state index contributed by atoms with van der Waals surface area (Å²) in [6.07, 6.45) is 0. The van der Waals surface area contributed by atoms with Crippen LogP contribution < -0.4 is 5.56 Å². The summed E-state index contributed by atoms with van der Waals surface area (Å²) in [7, 11) is 0. The second-order valence-electron chi connectivity index (χ2n) is 3.49. The minimum atomic E-state index is -0.0976. The van der Waals surface area contributed by atoms with Crippen LogP contribution in [-0.4, -0.2) is 4.98 Å². The van der Waals surface area contributed by atoms with Crippen LogP contribution in [0.15, 0.2) is 35.1 Å². The molecule has 0 saturated carbocycles. The normalized spacial score (nSPS) is 10.7.